The molecule has 1 aliphatic heterocycles. The molecule has 0 aliphatic carbocycles. The van der Waals surface area contributed by atoms with Crippen LogP contribution >= 0.6 is 23.1 Å². The van der Waals surface area contributed by atoms with Crippen LogP contribution in [0.5, 0.6) is 0 Å². The molecular weight excluding hydrogens is 777 g/mol. The highest BCUT2D eigenvalue weighted by molar-refractivity contribution is 8.00. The minimum Gasteiger partial charge on any atom is -0.462 e. The van der Waals surface area contributed by atoms with Crippen LogP contribution in [0.2, 0.25) is 0 Å². The van der Waals surface area contributed by atoms with Crippen molar-refractivity contribution in [1.82, 2.24) is 10.2 Å². The second-order valence-electron chi connectivity index (χ2n) is 14.0. The van der Waals surface area contributed by atoms with E-state index in [0.29, 0.717) is 34.8 Å². The highest BCUT2D eigenvalue weighted by Gasteiger charge is 2.32. The topological polar surface area (TPSA) is 117 Å². The maximum atomic E-state index is 14.4. The van der Waals surface area contributed by atoms with E-state index in [1.165, 1.54) is 28.7 Å². The first kappa shape index (κ1) is 40.9. The number of carbonyl (C=O) groups excluding carboxylic acids is 4. The lowest BCUT2D eigenvalue weighted by molar-refractivity contribution is -0.116. The standard InChI is InChI=1S/C48H44N4O5S2/c1-3-57-48(56)42-39-26-27-52(30-34-14-7-4-8-15-34)31-41(39)59-47(42)51-46(55)43(35-16-9-5-10-17-35)58-38-21-13-20-37(29-38)49-45(54)40(28-33-24-22-32(2)23-25-33)50-44(53)36-18-11-6-12-19-36/h4-25,28-29,43H,3,26-27,30-31H2,1-2H3,(H,49,54)(H,50,53)(H,51,55)/b40-28-. The summed E-state index contributed by atoms with van der Waals surface area (Å²) >= 11 is 2.75. The lowest BCUT2D eigenvalue weighted by atomic mass is 10.0. The van der Waals surface area contributed by atoms with Gasteiger partial charge in [-0.2, -0.15) is 0 Å². The summed E-state index contributed by atoms with van der Waals surface area (Å²) in [7, 11) is 0. The molecule has 0 bridgehead atoms. The van der Waals surface area contributed by atoms with Crippen molar-refractivity contribution in [3.8, 4) is 0 Å². The molecule has 0 fully saturated rings. The Morgan fingerprint density at radius 1 is 0.831 bits per heavy atom. The van der Waals surface area contributed by atoms with Crippen LogP contribution in [0.15, 0.2) is 150 Å². The largest absolute Gasteiger partial charge is 0.462 e. The molecule has 59 heavy (non-hydrogen) atoms. The molecule has 9 nitrogen and oxygen atoms in total. The first-order valence-electron chi connectivity index (χ1n) is 19.4. The van der Waals surface area contributed by atoms with Crippen molar-refractivity contribution in [2.24, 2.45) is 0 Å². The number of thioether (sulfide) groups is 1. The molecule has 1 aromatic heterocycles. The van der Waals surface area contributed by atoms with Gasteiger partial charge in [0.25, 0.3) is 11.8 Å². The zero-order valence-electron chi connectivity index (χ0n) is 32.8. The third kappa shape index (κ3) is 10.6. The molecule has 1 atom stereocenters. The molecule has 2 heterocycles. The van der Waals surface area contributed by atoms with E-state index < -0.39 is 23.0 Å². The van der Waals surface area contributed by atoms with E-state index in [2.05, 4.69) is 33.0 Å². The molecule has 5 aromatic carbocycles. The van der Waals surface area contributed by atoms with Crippen LogP contribution in [0, 0.1) is 6.92 Å². The van der Waals surface area contributed by atoms with Crippen molar-refractivity contribution in [1.29, 1.82) is 0 Å². The molecule has 7 rings (SSSR count). The van der Waals surface area contributed by atoms with Crippen molar-refractivity contribution < 1.29 is 23.9 Å². The van der Waals surface area contributed by atoms with E-state index in [0.717, 1.165) is 45.1 Å². The van der Waals surface area contributed by atoms with E-state index in [4.69, 9.17) is 4.74 Å². The Hall–Kier alpha value is -6.27. The molecule has 0 saturated heterocycles. The number of fused-ring (bicyclic) bond motifs is 1. The number of hydrogen-bond acceptors (Lipinski definition) is 8. The van der Waals surface area contributed by atoms with E-state index >= 15 is 0 Å². The predicted molar refractivity (Wildman–Crippen MR) is 236 cm³/mol. The lowest BCUT2D eigenvalue weighted by Crippen LogP contribution is -2.30. The number of hydrogen-bond donors (Lipinski definition) is 3. The van der Waals surface area contributed by atoms with Gasteiger partial charge in [-0.3, -0.25) is 19.3 Å². The third-order valence-electron chi connectivity index (χ3n) is 9.70. The van der Waals surface area contributed by atoms with Crippen molar-refractivity contribution in [2.45, 2.75) is 43.5 Å². The highest BCUT2D eigenvalue weighted by atomic mass is 32.2. The van der Waals surface area contributed by atoms with Gasteiger partial charge in [0.15, 0.2) is 0 Å². The summed E-state index contributed by atoms with van der Waals surface area (Å²) in [5.41, 5.74) is 6.12. The number of carbonyl (C=O) groups is 4. The Morgan fingerprint density at radius 2 is 1.53 bits per heavy atom. The summed E-state index contributed by atoms with van der Waals surface area (Å²) in [6.45, 7) is 6.19. The van der Waals surface area contributed by atoms with E-state index in [9.17, 15) is 19.2 Å². The number of rotatable bonds is 14. The van der Waals surface area contributed by atoms with Crippen molar-refractivity contribution in [3.63, 3.8) is 0 Å². The van der Waals surface area contributed by atoms with Gasteiger partial charge in [-0.1, -0.05) is 115 Å². The molecular formula is C48H44N4O5S2. The summed E-state index contributed by atoms with van der Waals surface area (Å²) in [5, 5.41) is 8.63. The number of benzene rings is 5. The Balaban J connectivity index is 1.12. The number of aryl methyl sites for hydroxylation is 1. The fraction of sp³-hybridized carbons (Fsp3) is 0.167. The summed E-state index contributed by atoms with van der Waals surface area (Å²) in [5.74, 6) is -1.67. The normalized spacial score (nSPS) is 13.2. The lowest BCUT2D eigenvalue weighted by Gasteiger charge is -2.27. The number of nitrogens with zero attached hydrogens (tertiary/aromatic N) is 1. The van der Waals surface area contributed by atoms with Gasteiger partial charge in [-0.25, -0.2) is 4.79 Å². The smallest absolute Gasteiger partial charge is 0.341 e. The highest BCUT2D eigenvalue weighted by Crippen LogP contribution is 2.41. The van der Waals surface area contributed by atoms with E-state index in [1.807, 2.05) is 91.9 Å². The monoisotopic (exact) mass is 820 g/mol. The minimum atomic E-state index is -0.715. The van der Waals surface area contributed by atoms with Crippen LogP contribution in [0.4, 0.5) is 10.7 Å². The van der Waals surface area contributed by atoms with Gasteiger partial charge in [-0.05, 0) is 78.9 Å². The van der Waals surface area contributed by atoms with Gasteiger partial charge in [-0.15, -0.1) is 23.1 Å². The quantitative estimate of drug-likeness (QED) is 0.0570. The van der Waals surface area contributed by atoms with Crippen LogP contribution in [0.3, 0.4) is 0 Å². The van der Waals surface area contributed by atoms with Crippen LogP contribution in [-0.2, 0) is 33.8 Å². The summed E-state index contributed by atoms with van der Waals surface area (Å²) < 4.78 is 5.52. The van der Waals surface area contributed by atoms with E-state index in [1.54, 1.807) is 55.5 Å². The maximum absolute atomic E-state index is 14.4. The molecule has 3 amide bonds. The van der Waals surface area contributed by atoms with Crippen LogP contribution in [0.25, 0.3) is 6.08 Å². The van der Waals surface area contributed by atoms with Gasteiger partial charge in [0.2, 0.25) is 5.91 Å². The molecule has 11 heteroatoms. The summed E-state index contributed by atoms with van der Waals surface area (Å²) in [6, 6.07) is 43.3. The number of esters is 1. The molecule has 3 N–H and O–H groups in total. The van der Waals surface area contributed by atoms with Crippen molar-refractivity contribution in [3.05, 3.63) is 189 Å². The predicted octanol–water partition coefficient (Wildman–Crippen LogP) is 9.67. The van der Waals surface area contributed by atoms with Crippen molar-refractivity contribution in [2.75, 3.05) is 23.8 Å². The average molecular weight is 821 g/mol. The van der Waals surface area contributed by atoms with Crippen molar-refractivity contribution >= 4 is 63.6 Å². The second kappa shape index (κ2) is 19.5. The molecule has 6 aromatic rings. The number of thiophene rings is 1. The zero-order valence-corrected chi connectivity index (χ0v) is 34.4. The molecule has 0 radical (unpaired) electrons. The first-order valence-corrected chi connectivity index (χ1v) is 21.1. The van der Waals surface area contributed by atoms with Gasteiger partial charge >= 0.3 is 5.97 Å². The number of ether oxygens (including phenoxy) is 1. The Morgan fingerprint density at radius 3 is 2.24 bits per heavy atom. The number of anilines is 2. The van der Waals surface area contributed by atoms with Gasteiger partial charge < -0.3 is 20.7 Å². The van der Waals surface area contributed by atoms with Gasteiger partial charge in [0, 0.05) is 40.7 Å². The summed E-state index contributed by atoms with van der Waals surface area (Å²) in [4.78, 5) is 59.0. The third-order valence-corrected chi connectivity index (χ3v) is 12.1. The Kier molecular flexibility index (Phi) is 13.5. The number of amides is 3. The molecule has 1 aliphatic rings. The van der Waals surface area contributed by atoms with Crippen LogP contribution in [0.1, 0.15) is 65.6 Å². The molecule has 1 unspecified atom stereocenters. The number of nitrogens with one attached hydrogen (secondary N) is 3. The summed E-state index contributed by atoms with van der Waals surface area (Å²) in [6.07, 6.45) is 2.30. The van der Waals surface area contributed by atoms with Gasteiger partial charge in [0.05, 0.1) is 12.2 Å². The fourth-order valence-electron chi connectivity index (χ4n) is 6.77. The van der Waals surface area contributed by atoms with E-state index in [-0.39, 0.29) is 18.2 Å². The Labute approximate surface area is 352 Å². The van der Waals surface area contributed by atoms with Crippen LogP contribution < -0.4 is 16.0 Å². The van der Waals surface area contributed by atoms with Gasteiger partial charge in [0.1, 0.15) is 15.9 Å². The van der Waals surface area contributed by atoms with Crippen LogP contribution in [-0.4, -0.2) is 41.7 Å². The molecule has 0 spiro atoms. The minimum absolute atomic E-state index is 0.0709. The SMILES string of the molecule is CCOC(=O)c1c(NC(=O)C(Sc2cccc(NC(=O)/C(=C/c3ccc(C)cc3)NC(=O)c3ccccc3)c2)c2ccccc2)sc2c1CCN(Cc1ccccc1)C2. The fourth-order valence-corrected chi connectivity index (χ4v) is 9.14. The zero-order chi connectivity index (χ0) is 41.1. The molecule has 298 valence electrons. The Bertz CT molecular complexity index is 2450. The molecule has 0 saturated carbocycles. The second-order valence-corrected chi connectivity index (χ2v) is 16.3. The average Bonchev–Trinajstić information content (AvgIpc) is 3.61. The maximum Gasteiger partial charge on any atom is 0.341 e. The first-order chi connectivity index (χ1) is 28.7.